The van der Waals surface area contributed by atoms with Crippen molar-refractivity contribution in [2.45, 2.75) is 84.2 Å². The molecule has 3 rings (SSSR count). The third kappa shape index (κ3) is 5.51. The van der Waals surface area contributed by atoms with Crippen LogP contribution in [0.25, 0.3) is 11.0 Å². The van der Waals surface area contributed by atoms with Crippen molar-refractivity contribution in [2.24, 2.45) is 0 Å². The van der Waals surface area contributed by atoms with E-state index >= 15 is 0 Å². The number of aromatic amines is 1. The first-order valence-corrected chi connectivity index (χ1v) is 11.5. The second-order valence-corrected chi connectivity index (χ2v) is 9.09. The average Bonchev–Trinajstić information content (AvgIpc) is 3.19. The first-order chi connectivity index (χ1) is 14.4. The van der Waals surface area contributed by atoms with Crippen molar-refractivity contribution >= 4 is 11.0 Å². The number of hydrogen-bond donors (Lipinski definition) is 1. The lowest BCUT2D eigenvalue weighted by Crippen LogP contribution is -2.13. The van der Waals surface area contributed by atoms with Gasteiger partial charge >= 0.3 is 0 Å². The zero-order chi connectivity index (χ0) is 21.7. The fraction of sp³-hybridized carbons (Fsp3) is 0.519. The Balaban J connectivity index is 1.65. The highest BCUT2D eigenvalue weighted by Crippen LogP contribution is 2.30. The van der Waals surface area contributed by atoms with E-state index in [2.05, 4.69) is 82.1 Å². The fourth-order valence-electron chi connectivity index (χ4n) is 4.25. The van der Waals surface area contributed by atoms with Crippen LogP contribution in [0.2, 0.25) is 0 Å². The minimum Gasteiger partial charge on any atom is -0.381 e. The minimum absolute atomic E-state index is 0.291. The van der Waals surface area contributed by atoms with Crippen LogP contribution < -0.4 is 0 Å². The molecule has 1 aromatic heterocycles. The van der Waals surface area contributed by atoms with Gasteiger partial charge in [0.1, 0.15) is 5.82 Å². The van der Waals surface area contributed by atoms with Crippen molar-refractivity contribution < 1.29 is 4.74 Å². The Kier molecular flexibility index (Phi) is 7.71. The Morgan fingerprint density at radius 2 is 1.53 bits per heavy atom. The van der Waals surface area contributed by atoms with Crippen LogP contribution in [-0.2, 0) is 4.74 Å². The molecule has 162 valence electrons. The largest absolute Gasteiger partial charge is 0.381 e. The monoisotopic (exact) mass is 406 g/mol. The van der Waals surface area contributed by atoms with Crippen LogP contribution in [0.5, 0.6) is 0 Å². The number of nitrogens with one attached hydrogen (secondary N) is 1. The summed E-state index contributed by atoms with van der Waals surface area (Å²) in [6.07, 6.45) is 4.70. The maximum Gasteiger partial charge on any atom is 0.110 e. The summed E-state index contributed by atoms with van der Waals surface area (Å²) in [6.45, 7) is 11.2. The number of aromatic nitrogens is 2. The molecule has 0 radical (unpaired) electrons. The molecule has 0 spiro atoms. The molecule has 3 aromatic rings. The number of fused-ring (bicyclic) bond motifs is 1. The molecule has 1 heterocycles. The average molecular weight is 407 g/mol. The normalized spacial score (nSPS) is 15.8. The van der Waals surface area contributed by atoms with Crippen molar-refractivity contribution in [1.29, 1.82) is 0 Å². The Labute approximate surface area is 182 Å². The molecule has 2 unspecified atom stereocenters. The Morgan fingerprint density at radius 1 is 0.900 bits per heavy atom. The van der Waals surface area contributed by atoms with E-state index in [1.807, 2.05) is 0 Å². The van der Waals surface area contributed by atoms with Gasteiger partial charge in [0.15, 0.2) is 0 Å². The van der Waals surface area contributed by atoms with Gasteiger partial charge in [-0.05, 0) is 67.7 Å². The molecule has 0 amide bonds. The van der Waals surface area contributed by atoms with Crippen molar-refractivity contribution in [3.63, 3.8) is 0 Å². The van der Waals surface area contributed by atoms with Crippen LogP contribution in [0, 0.1) is 6.92 Å². The summed E-state index contributed by atoms with van der Waals surface area (Å²) in [5.41, 5.74) is 6.37. The molecule has 0 saturated carbocycles. The number of aryl methyl sites for hydroxylation is 1. The second kappa shape index (κ2) is 10.3. The number of rotatable bonds is 10. The van der Waals surface area contributed by atoms with E-state index in [1.54, 1.807) is 7.11 Å². The minimum atomic E-state index is 0.291. The molecule has 2 aromatic carbocycles. The zero-order valence-electron chi connectivity index (χ0n) is 19.5. The van der Waals surface area contributed by atoms with Gasteiger partial charge in [0, 0.05) is 13.0 Å². The molecular weight excluding hydrogens is 368 g/mol. The molecule has 4 atom stereocenters. The molecule has 0 aliphatic rings. The Morgan fingerprint density at radius 3 is 2.17 bits per heavy atom. The quantitative estimate of drug-likeness (QED) is 0.379. The summed E-state index contributed by atoms with van der Waals surface area (Å²) < 4.78 is 5.56. The number of methoxy groups -OCH3 is 1. The molecule has 30 heavy (non-hydrogen) atoms. The lowest BCUT2D eigenvalue weighted by atomic mass is 9.89. The third-order valence-corrected chi connectivity index (χ3v) is 6.64. The van der Waals surface area contributed by atoms with E-state index in [0.717, 1.165) is 29.7 Å². The number of H-pyrrole nitrogens is 1. The van der Waals surface area contributed by atoms with Gasteiger partial charge in [0.05, 0.1) is 17.1 Å². The van der Waals surface area contributed by atoms with E-state index in [4.69, 9.17) is 9.72 Å². The van der Waals surface area contributed by atoms with Crippen molar-refractivity contribution in [3.05, 3.63) is 65.0 Å². The van der Waals surface area contributed by atoms with Crippen LogP contribution in [0.1, 0.15) is 93.6 Å². The predicted octanol–water partition coefficient (Wildman–Crippen LogP) is 7.48. The van der Waals surface area contributed by atoms with E-state index < -0.39 is 0 Å². The lowest BCUT2D eigenvalue weighted by Gasteiger charge is -2.17. The number of ether oxygens (including phenoxy) is 1. The van der Waals surface area contributed by atoms with Gasteiger partial charge < -0.3 is 9.72 Å². The number of imidazole rings is 1. The predicted molar refractivity (Wildman–Crippen MR) is 127 cm³/mol. The summed E-state index contributed by atoms with van der Waals surface area (Å²) in [7, 11) is 1.80. The fourth-order valence-corrected chi connectivity index (χ4v) is 4.25. The molecule has 1 N–H and O–H groups in total. The van der Waals surface area contributed by atoms with Gasteiger partial charge in [-0.25, -0.2) is 4.98 Å². The molecule has 3 nitrogen and oxygen atoms in total. The van der Waals surface area contributed by atoms with Crippen LogP contribution in [0.15, 0.2) is 42.5 Å². The van der Waals surface area contributed by atoms with Crippen molar-refractivity contribution in [1.82, 2.24) is 9.97 Å². The highest BCUT2D eigenvalue weighted by Gasteiger charge is 2.17. The standard InChI is InChI=1S/C27H38N2O/c1-7-24(30-6)16-21(5)27-28-25-15-14-23(17-26(25)29-27)20(4)11-10-19(3)22-12-8-18(2)9-13-22/h8-9,12-15,17,19-21,24H,7,10-11,16H2,1-6H3,(H,28,29)/t19-,20?,21+,24?/m1/s1. The van der Waals surface area contributed by atoms with Crippen molar-refractivity contribution in [3.8, 4) is 0 Å². The summed E-state index contributed by atoms with van der Waals surface area (Å²) in [6, 6.07) is 15.7. The van der Waals surface area contributed by atoms with Crippen LogP contribution >= 0.6 is 0 Å². The summed E-state index contributed by atoms with van der Waals surface area (Å²) in [4.78, 5) is 8.42. The summed E-state index contributed by atoms with van der Waals surface area (Å²) in [5, 5.41) is 0. The Hall–Kier alpha value is -2.13. The van der Waals surface area contributed by atoms with E-state index in [1.165, 1.54) is 29.5 Å². The maximum absolute atomic E-state index is 5.56. The summed E-state index contributed by atoms with van der Waals surface area (Å²) in [5.74, 6) is 2.55. The molecule has 0 fully saturated rings. The van der Waals surface area contributed by atoms with E-state index in [9.17, 15) is 0 Å². The smallest absolute Gasteiger partial charge is 0.110 e. The first kappa shape index (κ1) is 22.6. The first-order valence-electron chi connectivity index (χ1n) is 11.5. The van der Waals surface area contributed by atoms with Gasteiger partial charge in [0.2, 0.25) is 0 Å². The third-order valence-electron chi connectivity index (χ3n) is 6.64. The maximum atomic E-state index is 5.56. The van der Waals surface area contributed by atoms with Gasteiger partial charge in [-0.3, -0.25) is 0 Å². The SMILES string of the molecule is CCC(C[C@H](C)c1nc2ccc(C(C)CC[C@@H](C)c3ccc(C)cc3)cc2[nH]1)OC. The van der Waals surface area contributed by atoms with Gasteiger partial charge in [-0.1, -0.05) is 63.6 Å². The van der Waals surface area contributed by atoms with Crippen LogP contribution in [0.3, 0.4) is 0 Å². The second-order valence-electron chi connectivity index (χ2n) is 9.09. The van der Waals surface area contributed by atoms with Crippen LogP contribution in [0.4, 0.5) is 0 Å². The summed E-state index contributed by atoms with van der Waals surface area (Å²) >= 11 is 0. The van der Waals surface area contributed by atoms with Gasteiger partial charge in [-0.15, -0.1) is 0 Å². The molecular formula is C27H38N2O. The lowest BCUT2D eigenvalue weighted by molar-refractivity contribution is 0.0865. The van der Waals surface area contributed by atoms with Gasteiger partial charge in [0.25, 0.3) is 0 Å². The molecule has 3 heteroatoms. The highest BCUT2D eigenvalue weighted by atomic mass is 16.5. The van der Waals surface area contributed by atoms with Gasteiger partial charge in [-0.2, -0.15) is 0 Å². The molecule has 0 aliphatic heterocycles. The van der Waals surface area contributed by atoms with Crippen molar-refractivity contribution in [2.75, 3.05) is 7.11 Å². The molecule has 0 aliphatic carbocycles. The topological polar surface area (TPSA) is 37.9 Å². The number of hydrogen-bond acceptors (Lipinski definition) is 2. The van der Waals surface area contributed by atoms with E-state index in [-0.39, 0.29) is 0 Å². The van der Waals surface area contributed by atoms with Crippen LogP contribution in [-0.4, -0.2) is 23.2 Å². The number of nitrogens with zero attached hydrogens (tertiary/aromatic N) is 1. The molecule has 0 saturated heterocycles. The number of benzene rings is 2. The highest BCUT2D eigenvalue weighted by molar-refractivity contribution is 5.76. The zero-order valence-corrected chi connectivity index (χ0v) is 19.5. The Bertz CT molecular complexity index is 924. The molecule has 0 bridgehead atoms. The van der Waals surface area contributed by atoms with E-state index in [0.29, 0.717) is 23.9 Å².